The maximum absolute atomic E-state index is 5.82. The van der Waals surface area contributed by atoms with Gasteiger partial charge in [-0.2, -0.15) is 0 Å². The molecule has 1 aromatic carbocycles. The van der Waals surface area contributed by atoms with Gasteiger partial charge in [0.05, 0.1) is 6.61 Å². The van der Waals surface area contributed by atoms with E-state index in [1.165, 1.54) is 5.56 Å². The zero-order valence-corrected chi connectivity index (χ0v) is 11.9. The third-order valence-electron chi connectivity index (χ3n) is 3.58. The smallest absolute Gasteiger partial charge is 0.131 e. The van der Waals surface area contributed by atoms with Gasteiger partial charge >= 0.3 is 0 Å². The highest BCUT2D eigenvalue weighted by atomic mass is 16.5. The van der Waals surface area contributed by atoms with Crippen molar-refractivity contribution >= 4 is 5.82 Å². The molecule has 0 radical (unpaired) electrons. The second-order valence-corrected chi connectivity index (χ2v) is 5.25. The van der Waals surface area contributed by atoms with E-state index in [4.69, 9.17) is 4.74 Å². The van der Waals surface area contributed by atoms with Gasteiger partial charge in [-0.1, -0.05) is 18.2 Å². The molecule has 1 aromatic heterocycles. The molecule has 104 valence electrons. The summed E-state index contributed by atoms with van der Waals surface area (Å²) in [6, 6.07) is 10.2. The van der Waals surface area contributed by atoms with Crippen molar-refractivity contribution in [1.29, 1.82) is 0 Å². The molecule has 0 aliphatic carbocycles. The van der Waals surface area contributed by atoms with Gasteiger partial charge in [0, 0.05) is 31.1 Å². The van der Waals surface area contributed by atoms with Crippen LogP contribution in [0.2, 0.25) is 0 Å². The third kappa shape index (κ3) is 2.74. The fraction of sp³-hybridized carbons (Fsp3) is 0.375. The summed E-state index contributed by atoms with van der Waals surface area (Å²) in [5.74, 6) is 3.23. The standard InChI is InChI=1S/C16H19N3O/c1-11-7-15(17-2)19-16(18-11)9-12-8-13-5-3-4-6-14(13)20-10-12/h3-7,12H,8-10H2,1-2H3,(H,17,18,19)/t12-/m0/s1. The van der Waals surface area contributed by atoms with E-state index in [9.17, 15) is 0 Å². The Morgan fingerprint density at radius 3 is 3.00 bits per heavy atom. The van der Waals surface area contributed by atoms with Crippen molar-refractivity contribution in [3.8, 4) is 5.75 Å². The molecule has 2 heterocycles. The van der Waals surface area contributed by atoms with Gasteiger partial charge < -0.3 is 10.1 Å². The summed E-state index contributed by atoms with van der Waals surface area (Å²) in [6.45, 7) is 2.74. The second kappa shape index (κ2) is 5.49. The van der Waals surface area contributed by atoms with Gasteiger partial charge in [-0.15, -0.1) is 0 Å². The Balaban J connectivity index is 1.75. The first-order valence-corrected chi connectivity index (χ1v) is 6.97. The lowest BCUT2D eigenvalue weighted by Gasteiger charge is -2.24. The van der Waals surface area contributed by atoms with Gasteiger partial charge in [-0.05, 0) is 25.0 Å². The molecule has 0 spiro atoms. The van der Waals surface area contributed by atoms with E-state index in [1.54, 1.807) is 0 Å². The summed E-state index contributed by atoms with van der Waals surface area (Å²) in [6.07, 6.45) is 1.88. The summed E-state index contributed by atoms with van der Waals surface area (Å²) < 4.78 is 5.82. The average molecular weight is 269 g/mol. The SMILES string of the molecule is CNc1cc(C)nc(C[C@H]2COc3ccccc3C2)n1. The maximum Gasteiger partial charge on any atom is 0.131 e. The van der Waals surface area contributed by atoms with Crippen molar-refractivity contribution in [2.75, 3.05) is 19.0 Å². The lowest BCUT2D eigenvalue weighted by atomic mass is 9.94. The molecule has 1 aliphatic rings. The van der Waals surface area contributed by atoms with Crippen molar-refractivity contribution in [2.24, 2.45) is 5.92 Å². The highest BCUT2D eigenvalue weighted by molar-refractivity contribution is 5.36. The molecule has 1 aliphatic heterocycles. The van der Waals surface area contributed by atoms with Crippen molar-refractivity contribution < 1.29 is 4.74 Å². The van der Waals surface area contributed by atoms with Crippen LogP contribution in [-0.4, -0.2) is 23.6 Å². The Hall–Kier alpha value is -2.10. The second-order valence-electron chi connectivity index (χ2n) is 5.25. The zero-order valence-electron chi connectivity index (χ0n) is 11.9. The van der Waals surface area contributed by atoms with E-state index in [-0.39, 0.29) is 0 Å². The quantitative estimate of drug-likeness (QED) is 0.930. The molecule has 4 nitrogen and oxygen atoms in total. The molecule has 0 fully saturated rings. The Kier molecular flexibility index (Phi) is 3.54. The number of aromatic nitrogens is 2. The fourth-order valence-corrected chi connectivity index (χ4v) is 2.63. The normalized spacial score (nSPS) is 17.2. The molecule has 0 saturated heterocycles. The van der Waals surface area contributed by atoms with Crippen molar-refractivity contribution in [3.05, 3.63) is 47.4 Å². The molecule has 1 atom stereocenters. The molecule has 20 heavy (non-hydrogen) atoms. The van der Waals surface area contributed by atoms with Gasteiger partial charge in [-0.3, -0.25) is 0 Å². The molecular weight excluding hydrogens is 250 g/mol. The summed E-state index contributed by atoms with van der Waals surface area (Å²) >= 11 is 0. The van der Waals surface area contributed by atoms with Gasteiger partial charge in [0.25, 0.3) is 0 Å². The number of nitrogens with zero attached hydrogens (tertiary/aromatic N) is 2. The van der Waals surface area contributed by atoms with Gasteiger partial charge in [0.15, 0.2) is 0 Å². The minimum Gasteiger partial charge on any atom is -0.493 e. The molecule has 2 aromatic rings. The minimum absolute atomic E-state index is 0.441. The van der Waals surface area contributed by atoms with Crippen LogP contribution in [-0.2, 0) is 12.8 Å². The number of hydrogen-bond donors (Lipinski definition) is 1. The largest absolute Gasteiger partial charge is 0.493 e. The molecular formula is C16H19N3O. The van der Waals surface area contributed by atoms with Crippen LogP contribution in [0.25, 0.3) is 0 Å². The first-order chi connectivity index (χ1) is 9.74. The lowest BCUT2D eigenvalue weighted by Crippen LogP contribution is -2.23. The highest BCUT2D eigenvalue weighted by Crippen LogP contribution is 2.28. The van der Waals surface area contributed by atoms with Crippen LogP contribution in [0, 0.1) is 12.8 Å². The number of benzene rings is 1. The topological polar surface area (TPSA) is 47.0 Å². The predicted molar refractivity (Wildman–Crippen MR) is 79.2 cm³/mol. The van der Waals surface area contributed by atoms with Crippen LogP contribution in [0.4, 0.5) is 5.82 Å². The van der Waals surface area contributed by atoms with Crippen LogP contribution in [0.3, 0.4) is 0 Å². The number of aryl methyl sites for hydroxylation is 1. The number of fused-ring (bicyclic) bond motifs is 1. The zero-order chi connectivity index (χ0) is 13.9. The Morgan fingerprint density at radius 1 is 1.30 bits per heavy atom. The Labute approximate surface area is 119 Å². The number of para-hydroxylation sites is 1. The van der Waals surface area contributed by atoms with Gasteiger partial charge in [-0.25, -0.2) is 9.97 Å². The summed E-state index contributed by atoms with van der Waals surface area (Å²) in [4.78, 5) is 9.05. The van der Waals surface area contributed by atoms with E-state index in [0.29, 0.717) is 5.92 Å². The van der Waals surface area contributed by atoms with Crippen molar-refractivity contribution in [1.82, 2.24) is 9.97 Å². The molecule has 0 unspecified atom stereocenters. The summed E-state index contributed by atoms with van der Waals surface area (Å²) in [7, 11) is 1.88. The third-order valence-corrected chi connectivity index (χ3v) is 3.58. The molecule has 4 heteroatoms. The minimum atomic E-state index is 0.441. The van der Waals surface area contributed by atoms with Crippen LogP contribution >= 0.6 is 0 Å². The number of rotatable bonds is 3. The monoisotopic (exact) mass is 269 g/mol. The molecule has 3 rings (SSSR count). The molecule has 0 bridgehead atoms. The van der Waals surface area contributed by atoms with Crippen LogP contribution in [0.15, 0.2) is 30.3 Å². The van der Waals surface area contributed by atoms with Crippen LogP contribution < -0.4 is 10.1 Å². The Bertz CT molecular complexity index is 612. The Morgan fingerprint density at radius 2 is 2.15 bits per heavy atom. The maximum atomic E-state index is 5.82. The highest BCUT2D eigenvalue weighted by Gasteiger charge is 2.21. The molecule has 0 saturated carbocycles. The first-order valence-electron chi connectivity index (χ1n) is 6.97. The number of anilines is 1. The van der Waals surface area contributed by atoms with Crippen molar-refractivity contribution in [3.63, 3.8) is 0 Å². The van der Waals surface area contributed by atoms with Crippen LogP contribution in [0.5, 0.6) is 5.75 Å². The summed E-state index contributed by atoms with van der Waals surface area (Å²) in [5, 5.41) is 3.08. The number of hydrogen-bond acceptors (Lipinski definition) is 4. The van der Waals surface area contributed by atoms with E-state index >= 15 is 0 Å². The van der Waals surface area contributed by atoms with E-state index in [1.807, 2.05) is 32.2 Å². The van der Waals surface area contributed by atoms with E-state index in [2.05, 4.69) is 27.4 Å². The number of nitrogens with one attached hydrogen (secondary N) is 1. The molecule has 0 amide bonds. The van der Waals surface area contributed by atoms with E-state index < -0.39 is 0 Å². The van der Waals surface area contributed by atoms with Crippen LogP contribution in [0.1, 0.15) is 17.1 Å². The van der Waals surface area contributed by atoms with Crippen molar-refractivity contribution in [2.45, 2.75) is 19.8 Å². The lowest BCUT2D eigenvalue weighted by molar-refractivity contribution is 0.219. The average Bonchev–Trinajstić information content (AvgIpc) is 2.46. The first kappa shape index (κ1) is 12.9. The van der Waals surface area contributed by atoms with E-state index in [0.717, 1.165) is 42.5 Å². The van der Waals surface area contributed by atoms with Gasteiger partial charge in [0.1, 0.15) is 17.4 Å². The molecule has 1 N–H and O–H groups in total. The number of ether oxygens (including phenoxy) is 1. The fourth-order valence-electron chi connectivity index (χ4n) is 2.63. The van der Waals surface area contributed by atoms with Gasteiger partial charge in [0.2, 0.25) is 0 Å². The predicted octanol–water partition coefficient (Wildman–Crippen LogP) is 2.62. The summed E-state index contributed by atoms with van der Waals surface area (Å²) in [5.41, 5.74) is 2.28.